The lowest BCUT2D eigenvalue weighted by Crippen LogP contribution is -1.86. The van der Waals surface area contributed by atoms with Crippen LogP contribution in [0.2, 0.25) is 0 Å². The first-order valence-corrected chi connectivity index (χ1v) is 8.54. The van der Waals surface area contributed by atoms with Crippen molar-refractivity contribution in [3.05, 3.63) is 84.2 Å². The van der Waals surface area contributed by atoms with Gasteiger partial charge in [0.1, 0.15) is 11.6 Å². The highest BCUT2D eigenvalue weighted by Crippen LogP contribution is 2.46. The average Bonchev–Trinajstić information content (AvgIpc) is 2.96. The van der Waals surface area contributed by atoms with Gasteiger partial charge >= 0.3 is 0 Å². The van der Waals surface area contributed by atoms with Gasteiger partial charge in [-0.2, -0.15) is 0 Å². The van der Waals surface area contributed by atoms with E-state index in [-0.39, 0.29) is 5.82 Å². The highest BCUT2D eigenvalue weighted by atomic mass is 32.1. The quantitative estimate of drug-likeness (QED) is 0.400. The highest BCUT2D eigenvalue weighted by molar-refractivity contribution is 7.22. The van der Waals surface area contributed by atoms with E-state index in [1.807, 2.05) is 43.3 Å². The molecule has 0 amide bonds. The maximum Gasteiger partial charge on any atom is 0.153 e. The van der Waals surface area contributed by atoms with E-state index in [0.29, 0.717) is 0 Å². The third-order valence-electron chi connectivity index (χ3n) is 3.90. The molecule has 24 heavy (non-hydrogen) atoms. The SMILES string of the molecule is Cc1ccc(Oc2c(-c3ccc(F)cc3)sc3ccccc23)cc1. The fraction of sp³-hybridized carbons (Fsp3) is 0.0476. The van der Waals surface area contributed by atoms with Crippen LogP contribution in [-0.2, 0) is 0 Å². The predicted molar refractivity (Wildman–Crippen MR) is 98.5 cm³/mol. The summed E-state index contributed by atoms with van der Waals surface area (Å²) in [6.07, 6.45) is 0. The van der Waals surface area contributed by atoms with Gasteiger partial charge in [0.15, 0.2) is 5.75 Å². The van der Waals surface area contributed by atoms with E-state index >= 15 is 0 Å². The van der Waals surface area contributed by atoms with Crippen molar-refractivity contribution in [1.29, 1.82) is 0 Å². The van der Waals surface area contributed by atoms with Crippen LogP contribution in [0, 0.1) is 12.7 Å². The second-order valence-corrected chi connectivity index (χ2v) is 6.73. The van der Waals surface area contributed by atoms with Crippen LogP contribution >= 0.6 is 11.3 Å². The van der Waals surface area contributed by atoms with E-state index in [0.717, 1.165) is 32.0 Å². The molecule has 0 atom stereocenters. The number of rotatable bonds is 3. The molecule has 1 heterocycles. The predicted octanol–water partition coefficient (Wildman–Crippen LogP) is 6.81. The molecule has 1 nitrogen and oxygen atoms in total. The van der Waals surface area contributed by atoms with E-state index < -0.39 is 0 Å². The summed E-state index contributed by atoms with van der Waals surface area (Å²) in [5, 5.41) is 1.07. The number of hydrogen-bond donors (Lipinski definition) is 0. The second-order valence-electron chi connectivity index (χ2n) is 5.68. The van der Waals surface area contributed by atoms with E-state index in [1.54, 1.807) is 23.5 Å². The Morgan fingerprint density at radius 2 is 1.54 bits per heavy atom. The molecule has 0 spiro atoms. The molecule has 0 saturated carbocycles. The molecule has 0 aliphatic carbocycles. The van der Waals surface area contributed by atoms with E-state index in [1.165, 1.54) is 17.7 Å². The van der Waals surface area contributed by atoms with Gasteiger partial charge in [-0.05, 0) is 48.9 Å². The van der Waals surface area contributed by atoms with Crippen LogP contribution in [0.15, 0.2) is 72.8 Å². The topological polar surface area (TPSA) is 9.23 Å². The van der Waals surface area contributed by atoms with Crippen molar-refractivity contribution in [2.45, 2.75) is 6.92 Å². The molecule has 0 N–H and O–H groups in total. The smallest absolute Gasteiger partial charge is 0.153 e. The average molecular weight is 334 g/mol. The van der Waals surface area contributed by atoms with Gasteiger partial charge in [0.25, 0.3) is 0 Å². The van der Waals surface area contributed by atoms with Crippen molar-refractivity contribution in [2.75, 3.05) is 0 Å². The van der Waals surface area contributed by atoms with E-state index in [4.69, 9.17) is 4.74 Å². The van der Waals surface area contributed by atoms with Gasteiger partial charge in [-0.3, -0.25) is 0 Å². The van der Waals surface area contributed by atoms with Crippen molar-refractivity contribution >= 4 is 21.4 Å². The Morgan fingerprint density at radius 1 is 0.833 bits per heavy atom. The lowest BCUT2D eigenvalue weighted by Gasteiger charge is -2.08. The fourth-order valence-corrected chi connectivity index (χ4v) is 3.77. The summed E-state index contributed by atoms with van der Waals surface area (Å²) in [7, 11) is 0. The molecule has 0 radical (unpaired) electrons. The monoisotopic (exact) mass is 334 g/mol. The molecule has 0 fully saturated rings. The van der Waals surface area contributed by atoms with E-state index in [9.17, 15) is 4.39 Å². The fourth-order valence-electron chi connectivity index (χ4n) is 2.64. The molecule has 3 heteroatoms. The summed E-state index contributed by atoms with van der Waals surface area (Å²) < 4.78 is 20.6. The van der Waals surface area contributed by atoms with Crippen LogP contribution in [0.5, 0.6) is 11.5 Å². The molecule has 0 unspecified atom stereocenters. The van der Waals surface area contributed by atoms with Gasteiger partial charge < -0.3 is 4.74 Å². The maximum atomic E-state index is 13.3. The summed E-state index contributed by atoms with van der Waals surface area (Å²) in [6, 6.07) is 22.7. The van der Waals surface area contributed by atoms with Crippen LogP contribution in [0.1, 0.15) is 5.56 Å². The largest absolute Gasteiger partial charge is 0.455 e. The molecular weight excluding hydrogens is 319 g/mol. The zero-order chi connectivity index (χ0) is 16.5. The molecule has 0 aliphatic rings. The minimum Gasteiger partial charge on any atom is -0.455 e. The van der Waals surface area contributed by atoms with Crippen LogP contribution in [-0.4, -0.2) is 0 Å². The molecule has 4 rings (SSSR count). The van der Waals surface area contributed by atoms with Gasteiger partial charge in [0.05, 0.1) is 4.88 Å². The standard InChI is InChI=1S/C21H15FOS/c1-14-6-12-17(13-7-14)23-20-18-4-2-3-5-19(18)24-21(20)15-8-10-16(22)11-9-15/h2-13H,1H3. The first-order chi connectivity index (χ1) is 11.7. The third kappa shape index (κ3) is 2.79. The Morgan fingerprint density at radius 3 is 2.29 bits per heavy atom. The minimum absolute atomic E-state index is 0.235. The maximum absolute atomic E-state index is 13.3. The van der Waals surface area contributed by atoms with Crippen LogP contribution in [0.25, 0.3) is 20.5 Å². The number of benzene rings is 3. The Labute approximate surface area is 144 Å². The molecular formula is C21H15FOS. The van der Waals surface area contributed by atoms with Crippen LogP contribution in [0.3, 0.4) is 0 Å². The molecule has 3 aromatic carbocycles. The summed E-state index contributed by atoms with van der Waals surface area (Å²) in [5.74, 6) is 1.39. The number of halogens is 1. The third-order valence-corrected chi connectivity index (χ3v) is 5.10. The van der Waals surface area contributed by atoms with Crippen molar-refractivity contribution < 1.29 is 9.13 Å². The number of aryl methyl sites for hydroxylation is 1. The molecule has 0 bridgehead atoms. The van der Waals surface area contributed by atoms with Gasteiger partial charge in [0.2, 0.25) is 0 Å². The van der Waals surface area contributed by atoms with Crippen molar-refractivity contribution in [2.24, 2.45) is 0 Å². The Hall–Kier alpha value is -2.65. The zero-order valence-electron chi connectivity index (χ0n) is 13.1. The van der Waals surface area contributed by atoms with Crippen LogP contribution < -0.4 is 4.74 Å². The molecule has 118 valence electrons. The number of thiophene rings is 1. The summed E-state index contributed by atoms with van der Waals surface area (Å²) in [6.45, 7) is 2.05. The lowest BCUT2D eigenvalue weighted by molar-refractivity contribution is 0.491. The van der Waals surface area contributed by atoms with Crippen molar-refractivity contribution in [3.8, 4) is 21.9 Å². The van der Waals surface area contributed by atoms with Crippen LogP contribution in [0.4, 0.5) is 4.39 Å². The lowest BCUT2D eigenvalue weighted by atomic mass is 10.1. The molecule has 0 aliphatic heterocycles. The van der Waals surface area contributed by atoms with Crippen molar-refractivity contribution in [3.63, 3.8) is 0 Å². The molecule has 4 aromatic rings. The Kier molecular flexibility index (Phi) is 3.79. The zero-order valence-corrected chi connectivity index (χ0v) is 13.9. The normalized spacial score (nSPS) is 10.9. The Balaban J connectivity index is 1.86. The first kappa shape index (κ1) is 14.9. The van der Waals surface area contributed by atoms with Crippen molar-refractivity contribution in [1.82, 2.24) is 0 Å². The van der Waals surface area contributed by atoms with Gasteiger partial charge in [-0.15, -0.1) is 11.3 Å². The summed E-state index contributed by atoms with van der Waals surface area (Å²) >= 11 is 1.66. The number of fused-ring (bicyclic) bond motifs is 1. The van der Waals surface area contributed by atoms with E-state index in [2.05, 4.69) is 12.1 Å². The molecule has 1 aromatic heterocycles. The van der Waals surface area contributed by atoms with Gasteiger partial charge in [-0.25, -0.2) is 4.39 Å². The number of hydrogen-bond acceptors (Lipinski definition) is 2. The first-order valence-electron chi connectivity index (χ1n) is 7.73. The second kappa shape index (κ2) is 6.10. The summed E-state index contributed by atoms with van der Waals surface area (Å²) in [5.41, 5.74) is 2.15. The Bertz CT molecular complexity index is 985. The molecule has 0 saturated heterocycles. The minimum atomic E-state index is -0.235. The number of ether oxygens (including phenoxy) is 1. The summed E-state index contributed by atoms with van der Waals surface area (Å²) in [4.78, 5) is 1.01. The van der Waals surface area contributed by atoms with Gasteiger partial charge in [-0.1, -0.05) is 42.0 Å². The van der Waals surface area contributed by atoms with Gasteiger partial charge in [0, 0.05) is 10.1 Å². The highest BCUT2D eigenvalue weighted by Gasteiger charge is 2.16.